The van der Waals surface area contributed by atoms with Crippen LogP contribution in [0.15, 0.2) is 40.5 Å². The van der Waals surface area contributed by atoms with Crippen LogP contribution in [-0.2, 0) is 10.0 Å². The topological polar surface area (TPSA) is 103 Å². The summed E-state index contributed by atoms with van der Waals surface area (Å²) in [4.78, 5) is 18.4. The normalized spacial score (nSPS) is 12.0. The van der Waals surface area contributed by atoms with Gasteiger partial charge in [0.15, 0.2) is 11.2 Å². The van der Waals surface area contributed by atoms with E-state index >= 15 is 0 Å². The molecule has 136 valence electrons. The smallest absolute Gasteiger partial charge is 0.270 e. The van der Waals surface area contributed by atoms with Crippen molar-refractivity contribution in [2.24, 2.45) is 4.99 Å². The second kappa shape index (κ2) is 6.71. The molecule has 26 heavy (non-hydrogen) atoms. The van der Waals surface area contributed by atoms with Crippen molar-refractivity contribution in [2.45, 2.75) is 11.8 Å². The summed E-state index contributed by atoms with van der Waals surface area (Å²) in [5.74, 6) is 0.225. The lowest BCUT2D eigenvalue weighted by molar-refractivity contribution is 0.402. The van der Waals surface area contributed by atoms with E-state index in [-0.39, 0.29) is 27.9 Å². The Labute approximate surface area is 151 Å². The van der Waals surface area contributed by atoms with Crippen LogP contribution in [0.1, 0.15) is 5.56 Å². The SMILES string of the molecule is COc1nc(/N=C/N(C)C)nc2c1ncn2S(=O)(=O)c1ccc(C)cc1. The Morgan fingerprint density at radius 1 is 1.19 bits per heavy atom. The number of rotatable bonds is 5. The Morgan fingerprint density at radius 2 is 1.88 bits per heavy atom. The minimum atomic E-state index is -3.87. The van der Waals surface area contributed by atoms with Gasteiger partial charge in [0.05, 0.1) is 18.3 Å². The molecule has 0 atom stereocenters. The summed E-state index contributed by atoms with van der Waals surface area (Å²) in [6.45, 7) is 1.89. The van der Waals surface area contributed by atoms with E-state index in [0.29, 0.717) is 0 Å². The first-order valence-electron chi connectivity index (χ1n) is 7.65. The number of aliphatic imine (C=N–C) groups is 1. The molecule has 0 fully saturated rings. The van der Waals surface area contributed by atoms with E-state index in [4.69, 9.17) is 4.74 Å². The van der Waals surface area contributed by atoms with E-state index in [1.165, 1.54) is 19.8 Å². The number of ether oxygens (including phenoxy) is 1. The fourth-order valence-electron chi connectivity index (χ4n) is 2.21. The quantitative estimate of drug-likeness (QED) is 0.494. The van der Waals surface area contributed by atoms with Crippen LogP contribution in [0.4, 0.5) is 5.95 Å². The average Bonchev–Trinajstić information content (AvgIpc) is 3.04. The predicted molar refractivity (Wildman–Crippen MR) is 97.5 cm³/mol. The highest BCUT2D eigenvalue weighted by atomic mass is 32.2. The summed E-state index contributed by atoms with van der Waals surface area (Å²) in [5, 5.41) is 0. The molecule has 3 aromatic rings. The molecule has 0 spiro atoms. The zero-order valence-electron chi connectivity index (χ0n) is 14.8. The maximum Gasteiger partial charge on any atom is 0.270 e. The molecule has 9 nitrogen and oxygen atoms in total. The van der Waals surface area contributed by atoms with E-state index in [1.807, 2.05) is 6.92 Å². The Morgan fingerprint density at radius 3 is 2.50 bits per heavy atom. The molecule has 3 rings (SSSR count). The Bertz CT molecular complexity index is 1070. The van der Waals surface area contributed by atoms with Crippen LogP contribution in [0.2, 0.25) is 0 Å². The highest BCUT2D eigenvalue weighted by Gasteiger charge is 2.23. The van der Waals surface area contributed by atoms with Crippen molar-refractivity contribution in [3.63, 3.8) is 0 Å². The number of methoxy groups -OCH3 is 1. The molecule has 0 bridgehead atoms. The van der Waals surface area contributed by atoms with Crippen LogP contribution in [0.5, 0.6) is 5.88 Å². The number of imidazole rings is 1. The zero-order chi connectivity index (χ0) is 18.9. The molecule has 0 aliphatic heterocycles. The second-order valence-corrected chi connectivity index (χ2v) is 7.59. The van der Waals surface area contributed by atoms with Crippen molar-refractivity contribution in [2.75, 3.05) is 21.2 Å². The molecule has 0 N–H and O–H groups in total. The summed E-state index contributed by atoms with van der Waals surface area (Å²) in [6.07, 6.45) is 2.70. The summed E-state index contributed by atoms with van der Waals surface area (Å²) in [5.41, 5.74) is 1.30. The van der Waals surface area contributed by atoms with Crippen molar-refractivity contribution >= 4 is 33.5 Å². The average molecular weight is 374 g/mol. The van der Waals surface area contributed by atoms with Gasteiger partial charge in [-0.15, -0.1) is 0 Å². The Balaban J connectivity index is 2.20. The maximum absolute atomic E-state index is 13.0. The fraction of sp³-hybridized carbons (Fsp3) is 0.250. The zero-order valence-corrected chi connectivity index (χ0v) is 15.6. The van der Waals surface area contributed by atoms with E-state index in [9.17, 15) is 8.42 Å². The molecule has 0 saturated carbocycles. The van der Waals surface area contributed by atoms with Gasteiger partial charge in [0.2, 0.25) is 5.88 Å². The molecule has 0 saturated heterocycles. The molecule has 1 aromatic carbocycles. The van der Waals surface area contributed by atoms with E-state index in [0.717, 1.165) is 9.54 Å². The number of hydrogen-bond donors (Lipinski definition) is 0. The molecule has 10 heteroatoms. The van der Waals surface area contributed by atoms with E-state index in [2.05, 4.69) is 19.9 Å². The van der Waals surface area contributed by atoms with Gasteiger partial charge in [-0.25, -0.2) is 22.4 Å². The molecule has 0 aliphatic rings. The number of hydrogen-bond acceptors (Lipinski definition) is 7. The highest BCUT2D eigenvalue weighted by Crippen LogP contribution is 2.26. The molecule has 0 aliphatic carbocycles. The van der Waals surface area contributed by atoms with Crippen molar-refractivity contribution in [3.8, 4) is 5.88 Å². The Hall–Kier alpha value is -3.01. The third-order valence-electron chi connectivity index (χ3n) is 3.50. The number of aryl methyl sites for hydroxylation is 1. The molecule has 2 heterocycles. The lowest BCUT2D eigenvalue weighted by Crippen LogP contribution is -2.13. The molecule has 2 aromatic heterocycles. The van der Waals surface area contributed by atoms with Gasteiger partial charge in [0.25, 0.3) is 16.0 Å². The lowest BCUT2D eigenvalue weighted by atomic mass is 10.2. The molecule has 0 radical (unpaired) electrons. The first-order valence-corrected chi connectivity index (χ1v) is 9.09. The van der Waals surface area contributed by atoms with Gasteiger partial charge in [-0.05, 0) is 19.1 Å². The molecule has 0 amide bonds. The standard InChI is InChI=1S/C16H18N6O3S/c1-11-5-7-12(8-6-11)26(23,24)22-10-17-13-14(22)19-16(18-9-21(2)3)20-15(13)25-4/h5-10H,1-4H3/b18-9+. The van der Waals surface area contributed by atoms with Crippen molar-refractivity contribution in [1.82, 2.24) is 23.8 Å². The van der Waals surface area contributed by atoms with Gasteiger partial charge in [0.1, 0.15) is 6.33 Å². The summed E-state index contributed by atoms with van der Waals surface area (Å²) >= 11 is 0. The largest absolute Gasteiger partial charge is 0.479 e. The van der Waals surface area contributed by atoms with Gasteiger partial charge < -0.3 is 9.64 Å². The monoisotopic (exact) mass is 374 g/mol. The van der Waals surface area contributed by atoms with Crippen molar-refractivity contribution in [3.05, 3.63) is 36.2 Å². The van der Waals surface area contributed by atoms with Crippen LogP contribution in [-0.4, -0.2) is 59.8 Å². The first-order chi connectivity index (χ1) is 12.3. The van der Waals surface area contributed by atoms with Crippen LogP contribution >= 0.6 is 0 Å². The number of benzene rings is 1. The highest BCUT2D eigenvalue weighted by molar-refractivity contribution is 7.90. The van der Waals surface area contributed by atoms with Crippen LogP contribution in [0, 0.1) is 6.92 Å². The van der Waals surface area contributed by atoms with Gasteiger partial charge in [-0.3, -0.25) is 0 Å². The van der Waals surface area contributed by atoms with Gasteiger partial charge in [0, 0.05) is 14.1 Å². The number of nitrogens with zero attached hydrogens (tertiary/aromatic N) is 6. The van der Waals surface area contributed by atoms with Gasteiger partial charge in [-0.2, -0.15) is 9.97 Å². The fourth-order valence-corrected chi connectivity index (χ4v) is 3.44. The van der Waals surface area contributed by atoms with E-state index in [1.54, 1.807) is 43.3 Å². The molecular formula is C16H18N6O3S. The minimum absolute atomic E-state index is 0.0731. The van der Waals surface area contributed by atoms with Crippen LogP contribution < -0.4 is 4.74 Å². The maximum atomic E-state index is 13.0. The Kier molecular flexibility index (Phi) is 4.60. The summed E-state index contributed by atoms with van der Waals surface area (Å²) in [7, 11) is 1.15. The van der Waals surface area contributed by atoms with Crippen LogP contribution in [0.3, 0.4) is 0 Å². The van der Waals surface area contributed by atoms with Crippen molar-refractivity contribution in [1.29, 1.82) is 0 Å². The third kappa shape index (κ3) is 3.23. The second-order valence-electron chi connectivity index (χ2n) is 5.77. The minimum Gasteiger partial charge on any atom is -0.479 e. The number of aromatic nitrogens is 4. The molecule has 0 unspecified atom stereocenters. The van der Waals surface area contributed by atoms with Crippen molar-refractivity contribution < 1.29 is 13.2 Å². The molecular weight excluding hydrogens is 356 g/mol. The summed E-state index contributed by atoms with van der Waals surface area (Å²) < 4.78 is 32.2. The lowest BCUT2D eigenvalue weighted by Gasteiger charge is -2.07. The van der Waals surface area contributed by atoms with Gasteiger partial charge >= 0.3 is 0 Å². The van der Waals surface area contributed by atoms with Gasteiger partial charge in [-0.1, -0.05) is 17.7 Å². The van der Waals surface area contributed by atoms with E-state index < -0.39 is 10.0 Å². The first kappa shape index (κ1) is 17.8. The summed E-state index contributed by atoms with van der Waals surface area (Å²) in [6, 6.07) is 6.54. The predicted octanol–water partition coefficient (Wildman–Crippen LogP) is 1.60. The van der Waals surface area contributed by atoms with Crippen LogP contribution in [0.25, 0.3) is 11.2 Å². The third-order valence-corrected chi connectivity index (χ3v) is 5.15. The number of fused-ring (bicyclic) bond motifs is 1.